The molecule has 0 radical (unpaired) electrons. The molecule has 1 aromatic heterocycles. The molecule has 0 spiro atoms. The topological polar surface area (TPSA) is 71.3 Å². The van der Waals surface area contributed by atoms with E-state index in [1.807, 2.05) is 13.8 Å². The molecule has 1 aromatic carbocycles. The molecule has 0 unspecified atom stereocenters. The number of para-hydroxylation sites is 1. The van der Waals surface area contributed by atoms with Gasteiger partial charge < -0.3 is 15.1 Å². The minimum absolute atomic E-state index is 0.00330. The van der Waals surface area contributed by atoms with Gasteiger partial charge in [0.05, 0.1) is 6.54 Å². The molecule has 0 fully saturated rings. The Bertz CT molecular complexity index is 692. The smallest absolute Gasteiger partial charge is 0.287 e. The van der Waals surface area contributed by atoms with Gasteiger partial charge in [-0.05, 0) is 26.8 Å². The van der Waals surface area contributed by atoms with Gasteiger partial charge in [-0.15, -0.1) is 0 Å². The van der Waals surface area contributed by atoms with Crippen molar-refractivity contribution in [2.24, 2.45) is 0 Å². The number of fused-ring (bicyclic) bond motifs is 1. The fourth-order valence-corrected chi connectivity index (χ4v) is 2.04. The number of benzene rings is 1. The number of hydrogen-bond donors (Lipinski definition) is 2. The number of carbonyl (C=O) groups excluding carboxylic acids is 2. The molecule has 5 nitrogen and oxygen atoms in total. The molecule has 0 aliphatic carbocycles. The van der Waals surface area contributed by atoms with E-state index in [9.17, 15) is 14.0 Å². The van der Waals surface area contributed by atoms with E-state index in [-0.39, 0.29) is 29.8 Å². The molecule has 0 aliphatic rings. The lowest BCUT2D eigenvalue weighted by Crippen LogP contribution is -2.39. The van der Waals surface area contributed by atoms with Gasteiger partial charge in [0.25, 0.3) is 5.91 Å². The molecule has 21 heavy (non-hydrogen) atoms. The molecule has 6 heteroatoms. The minimum atomic E-state index is -0.540. The number of halogens is 1. The number of carbonyl (C=O) groups is 2. The minimum Gasteiger partial charge on any atom is -0.448 e. The van der Waals surface area contributed by atoms with E-state index in [0.717, 1.165) is 0 Å². The highest BCUT2D eigenvalue weighted by molar-refractivity contribution is 6.00. The summed E-state index contributed by atoms with van der Waals surface area (Å²) in [7, 11) is 0. The number of amides is 2. The van der Waals surface area contributed by atoms with E-state index < -0.39 is 11.7 Å². The van der Waals surface area contributed by atoms with Gasteiger partial charge in [-0.2, -0.15) is 0 Å². The lowest BCUT2D eigenvalue weighted by molar-refractivity contribution is -0.120. The second-order valence-corrected chi connectivity index (χ2v) is 5.08. The van der Waals surface area contributed by atoms with Crippen LogP contribution in [0.4, 0.5) is 4.39 Å². The van der Waals surface area contributed by atoms with Crippen LogP contribution in [0.5, 0.6) is 0 Å². The monoisotopic (exact) mass is 292 g/mol. The van der Waals surface area contributed by atoms with Crippen LogP contribution in [-0.2, 0) is 4.79 Å². The summed E-state index contributed by atoms with van der Waals surface area (Å²) in [6.45, 7) is 5.17. The predicted octanol–water partition coefficient (Wildman–Crippen LogP) is 2.13. The number of furan rings is 1. The van der Waals surface area contributed by atoms with Crippen molar-refractivity contribution >= 4 is 22.8 Å². The van der Waals surface area contributed by atoms with E-state index in [1.165, 1.54) is 6.07 Å². The van der Waals surface area contributed by atoms with Crippen molar-refractivity contribution in [3.05, 3.63) is 35.3 Å². The number of nitrogens with one attached hydrogen (secondary N) is 2. The van der Waals surface area contributed by atoms with Crippen LogP contribution in [0.25, 0.3) is 11.0 Å². The van der Waals surface area contributed by atoms with Crippen LogP contribution in [0.3, 0.4) is 0 Å². The van der Waals surface area contributed by atoms with Crippen molar-refractivity contribution in [2.45, 2.75) is 26.8 Å². The van der Waals surface area contributed by atoms with Gasteiger partial charge in [-0.3, -0.25) is 9.59 Å². The highest BCUT2D eigenvalue weighted by Crippen LogP contribution is 2.27. The molecule has 112 valence electrons. The maximum atomic E-state index is 13.6. The van der Waals surface area contributed by atoms with Crippen molar-refractivity contribution in [3.8, 4) is 0 Å². The summed E-state index contributed by atoms with van der Waals surface area (Å²) in [4.78, 5) is 23.5. The molecule has 1 heterocycles. The summed E-state index contributed by atoms with van der Waals surface area (Å²) in [6.07, 6.45) is 0. The number of hydrogen-bond acceptors (Lipinski definition) is 3. The highest BCUT2D eigenvalue weighted by Gasteiger charge is 2.19. The van der Waals surface area contributed by atoms with Crippen LogP contribution in [0.2, 0.25) is 0 Å². The molecule has 2 amide bonds. The maximum absolute atomic E-state index is 13.6. The average Bonchev–Trinajstić information content (AvgIpc) is 2.75. The van der Waals surface area contributed by atoms with E-state index in [1.54, 1.807) is 19.1 Å². The summed E-state index contributed by atoms with van der Waals surface area (Å²) in [5.41, 5.74) is 0.595. The fourth-order valence-electron chi connectivity index (χ4n) is 2.04. The fraction of sp³-hybridized carbons (Fsp3) is 0.333. The van der Waals surface area contributed by atoms with Crippen LogP contribution in [0.15, 0.2) is 22.6 Å². The summed E-state index contributed by atoms with van der Waals surface area (Å²) >= 11 is 0. The van der Waals surface area contributed by atoms with Gasteiger partial charge in [0, 0.05) is 17.0 Å². The van der Waals surface area contributed by atoms with Crippen LogP contribution < -0.4 is 10.6 Å². The largest absolute Gasteiger partial charge is 0.448 e. The van der Waals surface area contributed by atoms with Gasteiger partial charge in [-0.1, -0.05) is 12.1 Å². The number of aryl methyl sites for hydroxylation is 1. The third-order valence-electron chi connectivity index (χ3n) is 2.98. The van der Waals surface area contributed by atoms with E-state index in [0.29, 0.717) is 10.9 Å². The van der Waals surface area contributed by atoms with Crippen molar-refractivity contribution in [1.29, 1.82) is 0 Å². The van der Waals surface area contributed by atoms with Crippen LogP contribution in [0, 0.1) is 12.7 Å². The quantitative estimate of drug-likeness (QED) is 0.907. The lowest BCUT2D eigenvalue weighted by atomic mass is 10.1. The zero-order valence-electron chi connectivity index (χ0n) is 12.1. The van der Waals surface area contributed by atoms with E-state index in [4.69, 9.17) is 4.42 Å². The summed E-state index contributed by atoms with van der Waals surface area (Å²) in [5, 5.41) is 5.66. The Kier molecular flexibility index (Phi) is 4.26. The van der Waals surface area contributed by atoms with Gasteiger partial charge >= 0.3 is 0 Å². The predicted molar refractivity (Wildman–Crippen MR) is 76.5 cm³/mol. The number of rotatable bonds is 4. The molecule has 2 N–H and O–H groups in total. The second kappa shape index (κ2) is 5.95. The van der Waals surface area contributed by atoms with Crippen LogP contribution >= 0.6 is 0 Å². The first-order valence-electron chi connectivity index (χ1n) is 6.65. The maximum Gasteiger partial charge on any atom is 0.287 e. The Balaban J connectivity index is 2.15. The molecule has 2 aromatic rings. The third-order valence-corrected chi connectivity index (χ3v) is 2.98. The third kappa shape index (κ3) is 3.21. The Labute approximate surface area is 121 Å². The van der Waals surface area contributed by atoms with Gasteiger partial charge in [0.1, 0.15) is 0 Å². The first-order chi connectivity index (χ1) is 9.90. The van der Waals surface area contributed by atoms with Gasteiger partial charge in [0.2, 0.25) is 5.91 Å². The SMILES string of the molecule is Cc1c(C(=O)NCC(=O)NC(C)C)oc2c(F)cccc12. The molecule has 2 rings (SSSR count). The molecule has 0 bridgehead atoms. The van der Waals surface area contributed by atoms with Crippen molar-refractivity contribution in [3.63, 3.8) is 0 Å². The Hall–Kier alpha value is -2.37. The van der Waals surface area contributed by atoms with Crippen molar-refractivity contribution in [2.75, 3.05) is 6.54 Å². The zero-order valence-corrected chi connectivity index (χ0v) is 12.1. The normalized spacial score (nSPS) is 10.9. The Morgan fingerprint density at radius 1 is 1.33 bits per heavy atom. The summed E-state index contributed by atoms with van der Waals surface area (Å²) in [5.74, 6) is -1.33. The summed E-state index contributed by atoms with van der Waals surface area (Å²) < 4.78 is 18.9. The zero-order chi connectivity index (χ0) is 15.6. The standard InChI is InChI=1S/C15H17FN2O3/c1-8(2)18-12(19)7-17-15(20)13-9(3)10-5-4-6-11(16)14(10)21-13/h4-6,8H,7H2,1-3H3,(H,17,20)(H,18,19). The average molecular weight is 292 g/mol. The Morgan fingerprint density at radius 2 is 2.05 bits per heavy atom. The molecule has 0 saturated carbocycles. The molecule has 0 aliphatic heterocycles. The molecule has 0 saturated heterocycles. The van der Waals surface area contributed by atoms with Gasteiger partial charge in [-0.25, -0.2) is 4.39 Å². The van der Waals surface area contributed by atoms with Crippen molar-refractivity contribution in [1.82, 2.24) is 10.6 Å². The Morgan fingerprint density at radius 3 is 2.67 bits per heavy atom. The van der Waals surface area contributed by atoms with Crippen LogP contribution in [0.1, 0.15) is 30.0 Å². The van der Waals surface area contributed by atoms with Crippen molar-refractivity contribution < 1.29 is 18.4 Å². The summed E-state index contributed by atoms with van der Waals surface area (Å²) in [6, 6.07) is 4.50. The highest BCUT2D eigenvalue weighted by atomic mass is 19.1. The van der Waals surface area contributed by atoms with Gasteiger partial charge in [0.15, 0.2) is 17.2 Å². The van der Waals surface area contributed by atoms with Crippen LogP contribution in [-0.4, -0.2) is 24.4 Å². The molecule has 0 atom stereocenters. The first-order valence-corrected chi connectivity index (χ1v) is 6.65. The van der Waals surface area contributed by atoms with E-state index >= 15 is 0 Å². The first kappa shape index (κ1) is 15.0. The molecular formula is C15H17FN2O3. The second-order valence-electron chi connectivity index (χ2n) is 5.08. The lowest BCUT2D eigenvalue weighted by Gasteiger charge is -2.08. The van der Waals surface area contributed by atoms with E-state index in [2.05, 4.69) is 10.6 Å². The molecular weight excluding hydrogens is 275 g/mol.